The highest BCUT2D eigenvalue weighted by Crippen LogP contribution is 2.33. The van der Waals surface area contributed by atoms with E-state index in [1.54, 1.807) is 27.5 Å². The quantitative estimate of drug-likeness (QED) is 0.549. The number of benzene rings is 1. The SMILES string of the molecule is CN=C(NCCN1CCc2cc(OC)c(OC)cc2C1)NCc1ccnn1C. The second-order valence-electron chi connectivity index (χ2n) is 6.80. The number of hydrogen-bond donors (Lipinski definition) is 2. The lowest BCUT2D eigenvalue weighted by molar-refractivity contribution is 0.256. The molecule has 152 valence electrons. The molecule has 8 nitrogen and oxygen atoms in total. The first-order valence-electron chi connectivity index (χ1n) is 9.52. The zero-order valence-corrected chi connectivity index (χ0v) is 17.2. The fraction of sp³-hybridized carbons (Fsp3) is 0.500. The summed E-state index contributed by atoms with van der Waals surface area (Å²) in [5, 5.41) is 10.9. The van der Waals surface area contributed by atoms with Crippen LogP contribution >= 0.6 is 0 Å². The van der Waals surface area contributed by atoms with Crippen molar-refractivity contribution in [2.24, 2.45) is 12.0 Å². The largest absolute Gasteiger partial charge is 0.493 e. The summed E-state index contributed by atoms with van der Waals surface area (Å²) in [6, 6.07) is 6.20. The van der Waals surface area contributed by atoms with Crippen LogP contribution in [-0.4, -0.2) is 61.5 Å². The Labute approximate surface area is 166 Å². The Morgan fingerprint density at radius 2 is 1.93 bits per heavy atom. The molecule has 28 heavy (non-hydrogen) atoms. The lowest BCUT2D eigenvalue weighted by Crippen LogP contribution is -2.42. The number of fused-ring (bicyclic) bond motifs is 1. The highest BCUT2D eigenvalue weighted by molar-refractivity contribution is 5.79. The van der Waals surface area contributed by atoms with Gasteiger partial charge in [-0.2, -0.15) is 5.10 Å². The lowest BCUT2D eigenvalue weighted by Gasteiger charge is -2.29. The van der Waals surface area contributed by atoms with Gasteiger partial charge < -0.3 is 20.1 Å². The van der Waals surface area contributed by atoms with Gasteiger partial charge in [-0.3, -0.25) is 14.6 Å². The molecule has 1 aromatic carbocycles. The van der Waals surface area contributed by atoms with Crippen LogP contribution in [0.2, 0.25) is 0 Å². The van der Waals surface area contributed by atoms with Crippen LogP contribution in [0.3, 0.4) is 0 Å². The Morgan fingerprint density at radius 3 is 2.57 bits per heavy atom. The van der Waals surface area contributed by atoms with E-state index in [2.05, 4.69) is 37.8 Å². The maximum Gasteiger partial charge on any atom is 0.191 e. The molecule has 0 bridgehead atoms. The van der Waals surface area contributed by atoms with Crippen molar-refractivity contribution in [3.63, 3.8) is 0 Å². The van der Waals surface area contributed by atoms with E-state index in [0.717, 1.165) is 55.8 Å². The molecule has 3 rings (SSSR count). The van der Waals surface area contributed by atoms with Crippen molar-refractivity contribution < 1.29 is 9.47 Å². The first kappa shape index (κ1) is 20.0. The maximum absolute atomic E-state index is 5.44. The van der Waals surface area contributed by atoms with Crippen LogP contribution in [-0.2, 0) is 26.6 Å². The number of nitrogens with zero attached hydrogens (tertiary/aromatic N) is 4. The number of aromatic nitrogens is 2. The monoisotopic (exact) mass is 386 g/mol. The molecule has 0 radical (unpaired) electrons. The molecule has 1 aliphatic heterocycles. The van der Waals surface area contributed by atoms with Crippen LogP contribution in [0.4, 0.5) is 0 Å². The van der Waals surface area contributed by atoms with E-state index >= 15 is 0 Å². The summed E-state index contributed by atoms with van der Waals surface area (Å²) in [5.74, 6) is 2.39. The van der Waals surface area contributed by atoms with Crippen LogP contribution < -0.4 is 20.1 Å². The summed E-state index contributed by atoms with van der Waals surface area (Å²) in [6.45, 7) is 4.41. The molecule has 0 saturated heterocycles. The van der Waals surface area contributed by atoms with Gasteiger partial charge in [-0.1, -0.05) is 0 Å². The second-order valence-corrected chi connectivity index (χ2v) is 6.80. The molecule has 0 amide bonds. The average Bonchev–Trinajstić information content (AvgIpc) is 3.14. The molecule has 0 aliphatic carbocycles. The van der Waals surface area contributed by atoms with E-state index in [0.29, 0.717) is 6.54 Å². The summed E-state index contributed by atoms with van der Waals surface area (Å²) >= 11 is 0. The number of guanidine groups is 1. The van der Waals surface area contributed by atoms with Crippen molar-refractivity contribution >= 4 is 5.96 Å². The van der Waals surface area contributed by atoms with Gasteiger partial charge in [-0.25, -0.2) is 0 Å². The first-order valence-corrected chi connectivity index (χ1v) is 9.52. The van der Waals surface area contributed by atoms with Gasteiger partial charge in [-0.05, 0) is 35.7 Å². The molecule has 0 atom stereocenters. The molecule has 2 heterocycles. The Morgan fingerprint density at radius 1 is 1.18 bits per heavy atom. The number of aliphatic imine (C=N–C) groups is 1. The van der Waals surface area contributed by atoms with Crippen molar-refractivity contribution in [2.75, 3.05) is 40.9 Å². The third kappa shape index (κ3) is 4.75. The fourth-order valence-electron chi connectivity index (χ4n) is 3.43. The number of nitrogens with one attached hydrogen (secondary N) is 2. The predicted octanol–water partition coefficient (Wildman–Crippen LogP) is 1.16. The predicted molar refractivity (Wildman–Crippen MR) is 110 cm³/mol. The number of methoxy groups -OCH3 is 2. The minimum Gasteiger partial charge on any atom is -0.493 e. The van der Waals surface area contributed by atoms with Crippen LogP contribution in [0.15, 0.2) is 29.4 Å². The van der Waals surface area contributed by atoms with Gasteiger partial charge in [0.15, 0.2) is 17.5 Å². The zero-order valence-electron chi connectivity index (χ0n) is 17.2. The molecule has 2 aromatic rings. The summed E-state index contributed by atoms with van der Waals surface area (Å²) in [6.07, 6.45) is 2.81. The molecule has 0 spiro atoms. The summed E-state index contributed by atoms with van der Waals surface area (Å²) in [7, 11) is 7.08. The van der Waals surface area contributed by atoms with Gasteiger partial charge in [0, 0.05) is 46.5 Å². The average molecular weight is 387 g/mol. The van der Waals surface area contributed by atoms with Gasteiger partial charge in [0.25, 0.3) is 0 Å². The van der Waals surface area contributed by atoms with Gasteiger partial charge in [0.1, 0.15) is 0 Å². The molecule has 8 heteroatoms. The van der Waals surface area contributed by atoms with Gasteiger partial charge >= 0.3 is 0 Å². The maximum atomic E-state index is 5.44. The van der Waals surface area contributed by atoms with E-state index in [1.807, 2.05) is 17.8 Å². The Balaban J connectivity index is 1.48. The van der Waals surface area contributed by atoms with Crippen LogP contribution in [0, 0.1) is 0 Å². The van der Waals surface area contributed by atoms with E-state index < -0.39 is 0 Å². The molecular weight excluding hydrogens is 356 g/mol. The number of rotatable bonds is 7. The van der Waals surface area contributed by atoms with Crippen molar-refractivity contribution in [1.29, 1.82) is 0 Å². The highest BCUT2D eigenvalue weighted by Gasteiger charge is 2.19. The Bertz CT molecular complexity index is 817. The molecule has 1 aromatic heterocycles. The first-order chi connectivity index (χ1) is 13.6. The van der Waals surface area contributed by atoms with Crippen molar-refractivity contribution in [2.45, 2.75) is 19.5 Å². The second kappa shape index (κ2) is 9.45. The van der Waals surface area contributed by atoms with E-state index in [1.165, 1.54) is 11.1 Å². The molecular formula is C20H30N6O2. The number of ether oxygens (including phenoxy) is 2. The van der Waals surface area contributed by atoms with E-state index in [-0.39, 0.29) is 0 Å². The number of hydrogen-bond acceptors (Lipinski definition) is 5. The minimum atomic E-state index is 0.689. The molecule has 0 fully saturated rings. The normalized spacial score (nSPS) is 14.5. The molecule has 1 aliphatic rings. The van der Waals surface area contributed by atoms with Crippen molar-refractivity contribution in [3.8, 4) is 11.5 Å². The summed E-state index contributed by atoms with van der Waals surface area (Å²) in [4.78, 5) is 6.73. The molecule has 0 unspecified atom stereocenters. The summed E-state index contributed by atoms with van der Waals surface area (Å²) < 4.78 is 12.7. The van der Waals surface area contributed by atoms with Crippen molar-refractivity contribution in [1.82, 2.24) is 25.3 Å². The van der Waals surface area contributed by atoms with Crippen LogP contribution in [0.5, 0.6) is 11.5 Å². The Kier molecular flexibility index (Phi) is 6.76. The highest BCUT2D eigenvalue weighted by atomic mass is 16.5. The summed E-state index contributed by atoms with van der Waals surface area (Å²) in [5.41, 5.74) is 3.76. The van der Waals surface area contributed by atoms with Gasteiger partial charge in [0.05, 0.1) is 26.5 Å². The van der Waals surface area contributed by atoms with Crippen LogP contribution in [0.1, 0.15) is 16.8 Å². The zero-order chi connectivity index (χ0) is 19.9. The smallest absolute Gasteiger partial charge is 0.191 e. The Hall–Kier alpha value is -2.74. The minimum absolute atomic E-state index is 0.689. The standard InChI is InChI=1S/C20H30N6O2/c1-21-20(23-13-17-5-7-24-25(17)2)22-8-10-26-9-6-15-11-18(27-3)19(28-4)12-16(15)14-26/h5,7,11-12H,6,8-10,13-14H2,1-4H3,(H2,21,22,23). The third-order valence-corrected chi connectivity index (χ3v) is 5.10. The van der Waals surface area contributed by atoms with E-state index in [9.17, 15) is 0 Å². The van der Waals surface area contributed by atoms with Crippen molar-refractivity contribution in [3.05, 3.63) is 41.2 Å². The topological polar surface area (TPSA) is 75.9 Å². The van der Waals surface area contributed by atoms with Crippen LogP contribution in [0.25, 0.3) is 0 Å². The van der Waals surface area contributed by atoms with Gasteiger partial charge in [0.2, 0.25) is 0 Å². The number of aryl methyl sites for hydroxylation is 1. The lowest BCUT2D eigenvalue weighted by atomic mass is 9.99. The van der Waals surface area contributed by atoms with E-state index in [4.69, 9.17) is 9.47 Å². The van der Waals surface area contributed by atoms with Gasteiger partial charge in [-0.15, -0.1) is 0 Å². The molecule has 0 saturated carbocycles. The third-order valence-electron chi connectivity index (χ3n) is 5.10. The molecule has 2 N–H and O–H groups in total. The fourth-order valence-corrected chi connectivity index (χ4v) is 3.43.